The van der Waals surface area contributed by atoms with Crippen LogP contribution < -0.4 is 4.74 Å². The first-order chi connectivity index (χ1) is 8.54. The fraction of sp³-hybridized carbons (Fsp3) is 0.0833. The van der Waals surface area contributed by atoms with Crippen LogP contribution in [0.25, 0.3) is 6.08 Å². The number of halogens is 3. The number of carboxylic acids is 1. The van der Waals surface area contributed by atoms with Gasteiger partial charge in [0.1, 0.15) is 12.4 Å². The number of rotatable bonds is 5. The zero-order chi connectivity index (χ0) is 13.5. The number of aliphatic carboxylic acids is 1. The molecule has 1 rings (SSSR count). The molecule has 0 radical (unpaired) electrons. The van der Waals surface area contributed by atoms with E-state index in [4.69, 9.17) is 44.6 Å². The molecule has 0 amide bonds. The maximum absolute atomic E-state index is 10.5. The molecule has 0 bridgehead atoms. The van der Waals surface area contributed by atoms with Crippen LogP contribution in [0, 0.1) is 0 Å². The lowest BCUT2D eigenvalue weighted by molar-refractivity contribution is -0.131. The Bertz CT molecular complexity index is 495. The van der Waals surface area contributed by atoms with Crippen molar-refractivity contribution in [1.82, 2.24) is 0 Å². The standard InChI is InChI=1S/C12H9Cl3O3/c13-6-8(14)7-18-11-3-1-2-10(15)9(11)4-5-12(16)17/h1-6H,7H2,(H,16,17)/b5-4+,8-6-. The van der Waals surface area contributed by atoms with Gasteiger partial charge in [0.25, 0.3) is 0 Å². The Morgan fingerprint density at radius 3 is 2.78 bits per heavy atom. The van der Waals surface area contributed by atoms with Gasteiger partial charge < -0.3 is 9.84 Å². The topological polar surface area (TPSA) is 46.5 Å². The molecule has 0 saturated carbocycles. The minimum atomic E-state index is -1.07. The number of carboxylic acid groups (broad SMARTS) is 1. The molecule has 0 heterocycles. The summed E-state index contributed by atoms with van der Waals surface area (Å²) in [6, 6.07) is 4.98. The van der Waals surface area contributed by atoms with Gasteiger partial charge in [-0.15, -0.1) is 0 Å². The van der Waals surface area contributed by atoms with Gasteiger partial charge in [-0.05, 0) is 18.2 Å². The van der Waals surface area contributed by atoms with Crippen molar-refractivity contribution >= 4 is 46.8 Å². The van der Waals surface area contributed by atoms with Gasteiger partial charge in [-0.25, -0.2) is 4.79 Å². The van der Waals surface area contributed by atoms with E-state index in [0.29, 0.717) is 21.4 Å². The largest absolute Gasteiger partial charge is 0.487 e. The normalized spacial score (nSPS) is 11.8. The van der Waals surface area contributed by atoms with Gasteiger partial charge in [0, 0.05) is 17.2 Å². The molecule has 0 atom stereocenters. The van der Waals surface area contributed by atoms with E-state index in [2.05, 4.69) is 0 Å². The summed E-state index contributed by atoms with van der Waals surface area (Å²) in [6.45, 7) is 0.0826. The molecule has 3 nitrogen and oxygen atoms in total. The monoisotopic (exact) mass is 306 g/mol. The highest BCUT2D eigenvalue weighted by Gasteiger charge is 2.06. The van der Waals surface area contributed by atoms with Crippen molar-refractivity contribution in [3.63, 3.8) is 0 Å². The van der Waals surface area contributed by atoms with E-state index in [1.807, 2.05) is 0 Å². The zero-order valence-electron chi connectivity index (χ0n) is 9.07. The lowest BCUT2D eigenvalue weighted by Crippen LogP contribution is -1.99. The van der Waals surface area contributed by atoms with E-state index < -0.39 is 5.97 Å². The van der Waals surface area contributed by atoms with Crippen LogP contribution in [0.2, 0.25) is 5.02 Å². The van der Waals surface area contributed by atoms with Gasteiger partial charge in [-0.1, -0.05) is 40.9 Å². The number of hydrogen-bond acceptors (Lipinski definition) is 2. The second-order valence-corrected chi connectivity index (χ2v) is 4.28. The third kappa shape index (κ3) is 4.61. The van der Waals surface area contributed by atoms with Crippen LogP contribution in [-0.2, 0) is 4.79 Å². The van der Waals surface area contributed by atoms with E-state index in [-0.39, 0.29) is 6.61 Å². The van der Waals surface area contributed by atoms with E-state index >= 15 is 0 Å². The molecule has 0 unspecified atom stereocenters. The van der Waals surface area contributed by atoms with E-state index in [1.54, 1.807) is 18.2 Å². The maximum Gasteiger partial charge on any atom is 0.328 e. The highest BCUT2D eigenvalue weighted by Crippen LogP contribution is 2.28. The Morgan fingerprint density at radius 1 is 1.44 bits per heavy atom. The summed E-state index contributed by atoms with van der Waals surface area (Å²) in [5, 5.41) is 9.30. The average Bonchev–Trinajstić information content (AvgIpc) is 2.34. The van der Waals surface area contributed by atoms with Gasteiger partial charge in [-0.2, -0.15) is 0 Å². The van der Waals surface area contributed by atoms with E-state index in [9.17, 15) is 4.79 Å². The molecule has 0 aromatic heterocycles. The summed E-state index contributed by atoms with van der Waals surface area (Å²) in [5.74, 6) is -0.642. The van der Waals surface area contributed by atoms with Crippen molar-refractivity contribution in [3.05, 3.63) is 45.4 Å². The minimum absolute atomic E-state index is 0.0826. The van der Waals surface area contributed by atoms with E-state index in [1.165, 1.54) is 11.6 Å². The maximum atomic E-state index is 10.5. The molecule has 18 heavy (non-hydrogen) atoms. The van der Waals surface area contributed by atoms with Crippen molar-refractivity contribution in [2.24, 2.45) is 0 Å². The highest BCUT2D eigenvalue weighted by molar-refractivity contribution is 6.36. The van der Waals surface area contributed by atoms with Crippen molar-refractivity contribution in [2.45, 2.75) is 0 Å². The van der Waals surface area contributed by atoms with Crippen molar-refractivity contribution in [2.75, 3.05) is 6.61 Å². The first kappa shape index (κ1) is 14.9. The lowest BCUT2D eigenvalue weighted by atomic mass is 10.2. The summed E-state index contributed by atoms with van der Waals surface area (Å²) < 4.78 is 5.39. The summed E-state index contributed by atoms with van der Waals surface area (Å²) >= 11 is 17.1. The third-order valence-electron chi connectivity index (χ3n) is 1.89. The highest BCUT2D eigenvalue weighted by atomic mass is 35.5. The van der Waals surface area contributed by atoms with Crippen LogP contribution in [0.5, 0.6) is 5.75 Å². The van der Waals surface area contributed by atoms with Crippen LogP contribution >= 0.6 is 34.8 Å². The predicted molar refractivity (Wildman–Crippen MR) is 73.4 cm³/mol. The van der Waals surface area contributed by atoms with Crippen molar-refractivity contribution in [1.29, 1.82) is 0 Å². The van der Waals surface area contributed by atoms with Gasteiger partial charge in [-0.3, -0.25) is 0 Å². The molecular weight excluding hydrogens is 298 g/mol. The Labute approximate surface area is 119 Å². The fourth-order valence-electron chi connectivity index (χ4n) is 1.14. The molecule has 0 aliphatic heterocycles. The molecule has 96 valence electrons. The molecule has 0 saturated heterocycles. The first-order valence-electron chi connectivity index (χ1n) is 4.81. The molecular formula is C12H9Cl3O3. The summed E-state index contributed by atoms with van der Waals surface area (Å²) in [7, 11) is 0. The molecule has 1 aromatic carbocycles. The smallest absolute Gasteiger partial charge is 0.328 e. The van der Waals surface area contributed by atoms with Crippen LogP contribution in [0.4, 0.5) is 0 Å². The van der Waals surface area contributed by atoms with Gasteiger partial charge in [0.05, 0.1) is 10.1 Å². The number of carbonyl (C=O) groups is 1. The summed E-state index contributed by atoms with van der Waals surface area (Å²) in [4.78, 5) is 10.5. The van der Waals surface area contributed by atoms with Crippen LogP contribution in [0.3, 0.4) is 0 Å². The van der Waals surface area contributed by atoms with Crippen molar-refractivity contribution in [3.8, 4) is 5.75 Å². The lowest BCUT2D eigenvalue weighted by Gasteiger charge is -2.09. The molecule has 6 heteroatoms. The number of benzene rings is 1. The van der Waals surface area contributed by atoms with Gasteiger partial charge in [0.2, 0.25) is 0 Å². The van der Waals surface area contributed by atoms with Crippen LogP contribution in [-0.4, -0.2) is 17.7 Å². The van der Waals surface area contributed by atoms with Gasteiger partial charge >= 0.3 is 5.97 Å². The third-order valence-corrected chi connectivity index (χ3v) is 2.81. The van der Waals surface area contributed by atoms with Crippen LogP contribution in [0.1, 0.15) is 5.56 Å². The predicted octanol–water partition coefficient (Wildman–Crippen LogP) is 4.14. The quantitative estimate of drug-likeness (QED) is 0.832. The Morgan fingerprint density at radius 2 is 2.17 bits per heavy atom. The second kappa shape index (κ2) is 7.31. The SMILES string of the molecule is O=C(O)/C=C/c1c(Cl)cccc1OC/C(Cl)=C/Cl. The first-order valence-corrected chi connectivity index (χ1v) is 6.01. The molecule has 0 aliphatic carbocycles. The minimum Gasteiger partial charge on any atom is -0.487 e. The molecule has 0 spiro atoms. The summed E-state index contributed by atoms with van der Waals surface area (Å²) in [6.07, 6.45) is 2.34. The van der Waals surface area contributed by atoms with Gasteiger partial charge in [0.15, 0.2) is 0 Å². The Hall–Kier alpha value is -1.16. The average molecular weight is 308 g/mol. The summed E-state index contributed by atoms with van der Waals surface area (Å²) in [5.41, 5.74) is 1.67. The molecule has 0 aliphatic rings. The second-order valence-electron chi connectivity index (χ2n) is 3.17. The van der Waals surface area contributed by atoms with E-state index in [0.717, 1.165) is 6.08 Å². The fourth-order valence-corrected chi connectivity index (χ4v) is 1.48. The molecule has 1 aromatic rings. The van der Waals surface area contributed by atoms with Crippen molar-refractivity contribution < 1.29 is 14.6 Å². The van der Waals surface area contributed by atoms with Crippen LogP contribution in [0.15, 0.2) is 34.8 Å². The Balaban J connectivity index is 2.97. The number of ether oxygens (including phenoxy) is 1. The Kier molecular flexibility index (Phi) is 6.05. The molecule has 1 N–H and O–H groups in total. The zero-order valence-corrected chi connectivity index (χ0v) is 11.3. The number of hydrogen-bond donors (Lipinski definition) is 1. The molecule has 0 fully saturated rings.